The van der Waals surface area contributed by atoms with Crippen molar-refractivity contribution < 1.29 is 9.13 Å². The van der Waals surface area contributed by atoms with Crippen molar-refractivity contribution in [1.29, 1.82) is 0 Å². The quantitative estimate of drug-likeness (QED) is 0.825. The number of aromatic nitrogens is 2. The van der Waals surface area contributed by atoms with Gasteiger partial charge in [0.25, 0.3) is 0 Å². The zero-order valence-electron chi connectivity index (χ0n) is 8.65. The highest BCUT2D eigenvalue weighted by atomic mass is 35.5. The van der Waals surface area contributed by atoms with Crippen LogP contribution in [0.1, 0.15) is 5.82 Å². The molecule has 2 aromatic rings. The van der Waals surface area contributed by atoms with E-state index in [9.17, 15) is 4.39 Å². The van der Waals surface area contributed by atoms with Gasteiger partial charge in [0, 0.05) is 7.05 Å². The summed E-state index contributed by atoms with van der Waals surface area (Å²) < 4.78 is 20.2. The van der Waals surface area contributed by atoms with Gasteiger partial charge in [-0.05, 0) is 12.1 Å². The van der Waals surface area contributed by atoms with Crippen LogP contribution in [0, 0.1) is 5.82 Å². The van der Waals surface area contributed by atoms with Gasteiger partial charge in [0.15, 0.2) is 11.6 Å². The van der Waals surface area contributed by atoms with Crippen LogP contribution < -0.4 is 4.74 Å². The van der Waals surface area contributed by atoms with Crippen LogP contribution in [-0.2, 0) is 13.7 Å². The van der Waals surface area contributed by atoms with Crippen LogP contribution in [0.4, 0.5) is 4.39 Å². The van der Waals surface area contributed by atoms with Crippen molar-refractivity contribution >= 4 is 11.6 Å². The van der Waals surface area contributed by atoms with Crippen molar-refractivity contribution in [3.8, 4) is 5.75 Å². The Morgan fingerprint density at radius 2 is 2.19 bits per heavy atom. The van der Waals surface area contributed by atoms with Crippen LogP contribution in [-0.4, -0.2) is 9.55 Å². The molecule has 5 heteroatoms. The molecule has 84 valence electrons. The summed E-state index contributed by atoms with van der Waals surface area (Å²) in [5, 5.41) is 0.520. The van der Waals surface area contributed by atoms with E-state index in [4.69, 9.17) is 16.3 Å². The first kappa shape index (κ1) is 11.0. The Balaban J connectivity index is 2.08. The van der Waals surface area contributed by atoms with E-state index in [1.807, 2.05) is 0 Å². The number of halogens is 2. The average molecular weight is 241 g/mol. The number of rotatable bonds is 3. The molecule has 0 fully saturated rings. The molecule has 0 unspecified atom stereocenters. The van der Waals surface area contributed by atoms with Gasteiger partial charge in [-0.3, -0.25) is 0 Å². The van der Waals surface area contributed by atoms with Crippen molar-refractivity contribution in [2.75, 3.05) is 0 Å². The van der Waals surface area contributed by atoms with E-state index in [-0.39, 0.29) is 18.2 Å². The summed E-state index contributed by atoms with van der Waals surface area (Å²) in [6.45, 7) is 0.185. The molecule has 1 aromatic carbocycles. The largest absolute Gasteiger partial charge is 0.483 e. The summed E-state index contributed by atoms with van der Waals surface area (Å²) in [7, 11) is 1.77. The van der Waals surface area contributed by atoms with Crippen LogP contribution in [0.5, 0.6) is 5.75 Å². The maximum Gasteiger partial charge on any atom is 0.165 e. The fourth-order valence-electron chi connectivity index (χ4n) is 1.26. The van der Waals surface area contributed by atoms with E-state index in [1.165, 1.54) is 12.3 Å². The third-order valence-electron chi connectivity index (χ3n) is 2.22. The zero-order chi connectivity index (χ0) is 11.5. The first-order chi connectivity index (χ1) is 7.68. The fourth-order valence-corrected chi connectivity index (χ4v) is 1.41. The maximum atomic E-state index is 13.2. The number of hydrogen-bond acceptors (Lipinski definition) is 2. The summed E-state index contributed by atoms with van der Waals surface area (Å²) in [4.78, 5) is 4.04. The Morgan fingerprint density at radius 3 is 2.81 bits per heavy atom. The fraction of sp³-hybridized carbons (Fsp3) is 0.182. The summed E-state index contributed by atoms with van der Waals surface area (Å²) in [5.41, 5.74) is 0. The van der Waals surface area contributed by atoms with Crippen molar-refractivity contribution in [3.63, 3.8) is 0 Å². The molecular weight excluding hydrogens is 231 g/mol. The molecule has 0 aliphatic rings. The maximum absolute atomic E-state index is 13.2. The molecular formula is C11H10ClFN2O. The molecule has 0 N–H and O–H groups in total. The predicted octanol–water partition coefficient (Wildman–Crippen LogP) is 2.79. The van der Waals surface area contributed by atoms with E-state index in [0.29, 0.717) is 11.0 Å². The number of para-hydroxylation sites is 1. The lowest BCUT2D eigenvalue weighted by atomic mass is 10.3. The first-order valence-electron chi connectivity index (χ1n) is 4.72. The Kier molecular flexibility index (Phi) is 3.10. The summed E-state index contributed by atoms with van der Waals surface area (Å²) in [6, 6.07) is 6.24. The van der Waals surface area contributed by atoms with Crippen molar-refractivity contribution in [2.24, 2.45) is 7.05 Å². The molecule has 0 atom stereocenters. The van der Waals surface area contributed by atoms with Gasteiger partial charge in [-0.2, -0.15) is 0 Å². The molecule has 0 saturated carbocycles. The lowest BCUT2D eigenvalue weighted by molar-refractivity contribution is 0.277. The minimum Gasteiger partial charge on any atom is -0.483 e. The van der Waals surface area contributed by atoms with Gasteiger partial charge in [-0.15, -0.1) is 0 Å². The van der Waals surface area contributed by atoms with Gasteiger partial charge < -0.3 is 9.30 Å². The minimum atomic E-state index is -0.386. The van der Waals surface area contributed by atoms with E-state index in [0.717, 1.165) is 0 Å². The van der Waals surface area contributed by atoms with Crippen LogP contribution in [0.15, 0.2) is 30.5 Å². The molecule has 0 aliphatic heterocycles. The lowest BCUT2D eigenvalue weighted by Gasteiger charge is -2.06. The highest BCUT2D eigenvalue weighted by Gasteiger charge is 2.07. The number of nitrogens with zero attached hydrogens (tertiary/aromatic N) is 2. The molecule has 2 rings (SSSR count). The second kappa shape index (κ2) is 4.53. The summed E-state index contributed by atoms with van der Waals surface area (Å²) >= 11 is 5.81. The smallest absolute Gasteiger partial charge is 0.165 e. The molecule has 0 spiro atoms. The SMILES string of the molecule is Cn1c(Cl)cnc1COc1ccccc1F. The number of benzene rings is 1. The second-order valence-electron chi connectivity index (χ2n) is 3.28. The van der Waals surface area contributed by atoms with Crippen LogP contribution >= 0.6 is 11.6 Å². The molecule has 1 aromatic heterocycles. The Bertz CT molecular complexity index is 498. The van der Waals surface area contributed by atoms with Crippen molar-refractivity contribution in [3.05, 3.63) is 47.3 Å². The Hall–Kier alpha value is -1.55. The normalized spacial score (nSPS) is 10.4. The summed E-state index contributed by atoms with van der Waals surface area (Å²) in [5.74, 6) is 0.470. The Morgan fingerprint density at radius 1 is 1.44 bits per heavy atom. The van der Waals surface area contributed by atoms with Gasteiger partial charge >= 0.3 is 0 Å². The van der Waals surface area contributed by atoms with Gasteiger partial charge in [-0.1, -0.05) is 23.7 Å². The Labute approximate surface area is 97.4 Å². The highest BCUT2D eigenvalue weighted by molar-refractivity contribution is 6.29. The molecule has 0 amide bonds. The lowest BCUT2D eigenvalue weighted by Crippen LogP contribution is -2.04. The van der Waals surface area contributed by atoms with E-state index in [2.05, 4.69) is 4.98 Å². The standard InChI is InChI=1S/C11H10ClFN2O/c1-15-10(12)6-14-11(15)7-16-9-5-3-2-4-8(9)13/h2-6H,7H2,1H3. The molecule has 0 saturated heterocycles. The summed E-state index contributed by atoms with van der Waals surface area (Å²) in [6.07, 6.45) is 1.53. The molecule has 3 nitrogen and oxygen atoms in total. The number of hydrogen-bond donors (Lipinski definition) is 0. The average Bonchev–Trinajstić information content (AvgIpc) is 2.59. The van der Waals surface area contributed by atoms with Gasteiger partial charge in [0.1, 0.15) is 17.6 Å². The zero-order valence-corrected chi connectivity index (χ0v) is 9.41. The van der Waals surface area contributed by atoms with Crippen molar-refractivity contribution in [1.82, 2.24) is 9.55 Å². The third kappa shape index (κ3) is 2.17. The van der Waals surface area contributed by atoms with E-state index < -0.39 is 0 Å². The van der Waals surface area contributed by atoms with Crippen molar-refractivity contribution in [2.45, 2.75) is 6.61 Å². The van der Waals surface area contributed by atoms with E-state index >= 15 is 0 Å². The molecule has 1 heterocycles. The van der Waals surface area contributed by atoms with Crippen LogP contribution in [0.2, 0.25) is 5.15 Å². The topological polar surface area (TPSA) is 27.1 Å². The van der Waals surface area contributed by atoms with Crippen LogP contribution in [0.25, 0.3) is 0 Å². The molecule has 0 bridgehead atoms. The first-order valence-corrected chi connectivity index (χ1v) is 5.09. The monoisotopic (exact) mass is 240 g/mol. The highest BCUT2D eigenvalue weighted by Crippen LogP contribution is 2.17. The van der Waals surface area contributed by atoms with Gasteiger partial charge in [0.2, 0.25) is 0 Å². The second-order valence-corrected chi connectivity index (χ2v) is 3.66. The molecule has 16 heavy (non-hydrogen) atoms. The number of ether oxygens (including phenoxy) is 1. The van der Waals surface area contributed by atoms with Crippen LogP contribution in [0.3, 0.4) is 0 Å². The number of imidazole rings is 1. The molecule has 0 aliphatic carbocycles. The third-order valence-corrected chi connectivity index (χ3v) is 2.57. The van der Waals surface area contributed by atoms with Gasteiger partial charge in [-0.25, -0.2) is 9.37 Å². The van der Waals surface area contributed by atoms with E-state index in [1.54, 1.807) is 29.8 Å². The predicted molar refractivity (Wildman–Crippen MR) is 59.0 cm³/mol. The minimum absolute atomic E-state index is 0.185. The van der Waals surface area contributed by atoms with Gasteiger partial charge in [0.05, 0.1) is 6.20 Å². The molecule has 0 radical (unpaired) electrons.